The van der Waals surface area contributed by atoms with Gasteiger partial charge in [0.15, 0.2) is 0 Å². The lowest BCUT2D eigenvalue weighted by atomic mass is 10.2. The van der Waals surface area contributed by atoms with Gasteiger partial charge in [0.25, 0.3) is 0 Å². The molecule has 4 nitrogen and oxygen atoms in total. The summed E-state index contributed by atoms with van der Waals surface area (Å²) in [7, 11) is 0. The highest BCUT2D eigenvalue weighted by Crippen LogP contribution is 2.45. The Labute approximate surface area is 64.6 Å². The maximum absolute atomic E-state index is 10.6. The van der Waals surface area contributed by atoms with E-state index in [9.17, 15) is 9.59 Å². The molecule has 0 aromatic rings. The van der Waals surface area contributed by atoms with E-state index in [1.807, 2.05) is 6.92 Å². The summed E-state index contributed by atoms with van der Waals surface area (Å²) in [6, 6.07) is 0. The van der Waals surface area contributed by atoms with E-state index in [0.717, 1.165) is 6.42 Å². The van der Waals surface area contributed by atoms with Gasteiger partial charge in [-0.05, 0) is 12.3 Å². The van der Waals surface area contributed by atoms with Gasteiger partial charge in [0.2, 0.25) is 6.41 Å². The smallest absolute Gasteiger partial charge is 0.329 e. The SMILES string of the molecule is CCC1CC1(NC=O)C(=O)O. The van der Waals surface area contributed by atoms with Crippen molar-refractivity contribution in [3.05, 3.63) is 0 Å². The van der Waals surface area contributed by atoms with Crippen LogP contribution in [0.1, 0.15) is 19.8 Å². The predicted molar refractivity (Wildman–Crippen MR) is 38.0 cm³/mol. The minimum Gasteiger partial charge on any atom is -0.479 e. The molecule has 2 N–H and O–H groups in total. The first-order valence-electron chi connectivity index (χ1n) is 3.62. The molecule has 0 bridgehead atoms. The molecule has 1 saturated carbocycles. The van der Waals surface area contributed by atoms with E-state index < -0.39 is 11.5 Å². The summed E-state index contributed by atoms with van der Waals surface area (Å²) >= 11 is 0. The van der Waals surface area contributed by atoms with Crippen molar-refractivity contribution in [3.8, 4) is 0 Å². The monoisotopic (exact) mass is 157 g/mol. The normalized spacial score (nSPS) is 34.5. The molecule has 2 unspecified atom stereocenters. The summed E-state index contributed by atoms with van der Waals surface area (Å²) in [5.74, 6) is -0.804. The molecule has 0 aromatic carbocycles. The highest BCUT2D eigenvalue weighted by atomic mass is 16.4. The molecule has 0 spiro atoms. The second-order valence-corrected chi connectivity index (χ2v) is 2.85. The number of rotatable bonds is 4. The molecular formula is C7H11NO3. The van der Waals surface area contributed by atoms with Crippen molar-refractivity contribution in [2.45, 2.75) is 25.3 Å². The number of nitrogens with one attached hydrogen (secondary N) is 1. The van der Waals surface area contributed by atoms with E-state index in [-0.39, 0.29) is 5.92 Å². The van der Waals surface area contributed by atoms with E-state index in [2.05, 4.69) is 5.32 Å². The van der Waals surface area contributed by atoms with E-state index in [0.29, 0.717) is 12.8 Å². The highest BCUT2D eigenvalue weighted by Gasteiger charge is 2.59. The molecule has 1 aliphatic carbocycles. The molecule has 4 heteroatoms. The minimum atomic E-state index is -0.934. The molecule has 1 fully saturated rings. The van der Waals surface area contributed by atoms with Gasteiger partial charge in [-0.25, -0.2) is 4.79 Å². The third kappa shape index (κ3) is 1.08. The zero-order valence-electron chi connectivity index (χ0n) is 6.33. The number of carbonyl (C=O) groups is 2. The van der Waals surface area contributed by atoms with Gasteiger partial charge in [0, 0.05) is 0 Å². The summed E-state index contributed by atoms with van der Waals surface area (Å²) in [5, 5.41) is 11.1. The van der Waals surface area contributed by atoms with Gasteiger partial charge < -0.3 is 10.4 Å². The van der Waals surface area contributed by atoms with E-state index in [1.54, 1.807) is 0 Å². The molecule has 0 radical (unpaired) electrons. The fraction of sp³-hybridized carbons (Fsp3) is 0.714. The van der Waals surface area contributed by atoms with Crippen LogP contribution in [0.2, 0.25) is 0 Å². The lowest BCUT2D eigenvalue weighted by Gasteiger charge is -2.08. The van der Waals surface area contributed by atoms with Crippen LogP contribution in [0.25, 0.3) is 0 Å². The second-order valence-electron chi connectivity index (χ2n) is 2.85. The van der Waals surface area contributed by atoms with Gasteiger partial charge in [0.1, 0.15) is 5.54 Å². The summed E-state index contributed by atoms with van der Waals surface area (Å²) in [4.78, 5) is 20.7. The third-order valence-corrected chi connectivity index (χ3v) is 2.30. The number of amides is 1. The van der Waals surface area contributed by atoms with Crippen molar-refractivity contribution in [2.75, 3.05) is 0 Å². The third-order valence-electron chi connectivity index (χ3n) is 2.30. The molecule has 1 rings (SSSR count). The van der Waals surface area contributed by atoms with Crippen molar-refractivity contribution in [2.24, 2.45) is 5.92 Å². The molecule has 0 aliphatic heterocycles. The van der Waals surface area contributed by atoms with Crippen molar-refractivity contribution >= 4 is 12.4 Å². The summed E-state index contributed by atoms with van der Waals surface area (Å²) < 4.78 is 0. The summed E-state index contributed by atoms with van der Waals surface area (Å²) in [6.45, 7) is 1.92. The Kier molecular flexibility index (Phi) is 1.85. The number of aliphatic carboxylic acids is 1. The Hall–Kier alpha value is -1.06. The minimum absolute atomic E-state index is 0.116. The van der Waals surface area contributed by atoms with Crippen LogP contribution < -0.4 is 5.32 Å². The van der Waals surface area contributed by atoms with Crippen molar-refractivity contribution in [1.29, 1.82) is 0 Å². The molecular weight excluding hydrogens is 146 g/mol. The van der Waals surface area contributed by atoms with Crippen molar-refractivity contribution in [1.82, 2.24) is 5.32 Å². The number of carboxylic acid groups (broad SMARTS) is 1. The van der Waals surface area contributed by atoms with Crippen molar-refractivity contribution < 1.29 is 14.7 Å². The molecule has 11 heavy (non-hydrogen) atoms. The summed E-state index contributed by atoms with van der Waals surface area (Å²) in [5.41, 5.74) is -0.934. The van der Waals surface area contributed by atoms with Crippen LogP contribution in [0.5, 0.6) is 0 Å². The number of hydrogen-bond acceptors (Lipinski definition) is 2. The molecule has 0 saturated heterocycles. The van der Waals surface area contributed by atoms with Gasteiger partial charge in [-0.2, -0.15) is 0 Å². The largest absolute Gasteiger partial charge is 0.479 e. The first-order valence-corrected chi connectivity index (χ1v) is 3.62. The van der Waals surface area contributed by atoms with E-state index in [1.165, 1.54) is 0 Å². The topological polar surface area (TPSA) is 66.4 Å². The van der Waals surface area contributed by atoms with Gasteiger partial charge in [-0.15, -0.1) is 0 Å². The molecule has 1 aliphatic rings. The Morgan fingerprint density at radius 1 is 1.91 bits per heavy atom. The van der Waals surface area contributed by atoms with Gasteiger partial charge in [-0.3, -0.25) is 4.79 Å². The van der Waals surface area contributed by atoms with Crippen LogP contribution in [-0.2, 0) is 9.59 Å². The second kappa shape index (κ2) is 2.53. The zero-order valence-corrected chi connectivity index (χ0v) is 6.33. The van der Waals surface area contributed by atoms with Crippen LogP contribution in [0, 0.1) is 5.92 Å². The van der Waals surface area contributed by atoms with Crippen LogP contribution in [0.3, 0.4) is 0 Å². The van der Waals surface area contributed by atoms with Gasteiger partial charge in [0.05, 0.1) is 0 Å². The summed E-state index contributed by atoms with van der Waals surface area (Å²) in [6.07, 6.45) is 1.83. The number of carbonyl (C=O) groups excluding carboxylic acids is 1. The standard InChI is InChI=1S/C7H11NO3/c1-2-5-3-7(5,6(10)11)8-4-9/h4-5H,2-3H2,1H3,(H,8,9)(H,10,11). The molecule has 1 amide bonds. The molecule has 0 heterocycles. The zero-order chi connectivity index (χ0) is 8.48. The van der Waals surface area contributed by atoms with E-state index >= 15 is 0 Å². The maximum atomic E-state index is 10.6. The highest BCUT2D eigenvalue weighted by molar-refractivity contribution is 5.85. The Bertz CT molecular complexity index is 192. The lowest BCUT2D eigenvalue weighted by molar-refractivity contribution is -0.142. The molecule has 62 valence electrons. The number of hydrogen-bond donors (Lipinski definition) is 2. The van der Waals surface area contributed by atoms with Crippen LogP contribution in [0.4, 0.5) is 0 Å². The predicted octanol–water partition coefficient (Wildman–Crippen LogP) is -0.0143. The van der Waals surface area contributed by atoms with Crippen LogP contribution in [-0.4, -0.2) is 23.0 Å². The number of carboxylic acids is 1. The lowest BCUT2D eigenvalue weighted by Crippen LogP contribution is -2.40. The molecule has 0 aromatic heterocycles. The Morgan fingerprint density at radius 2 is 2.55 bits per heavy atom. The first kappa shape index (κ1) is 8.04. The van der Waals surface area contributed by atoms with Gasteiger partial charge >= 0.3 is 5.97 Å². The fourth-order valence-electron chi connectivity index (χ4n) is 1.43. The maximum Gasteiger partial charge on any atom is 0.329 e. The molecule has 2 atom stereocenters. The van der Waals surface area contributed by atoms with Crippen LogP contribution >= 0.6 is 0 Å². The quantitative estimate of drug-likeness (QED) is 0.564. The van der Waals surface area contributed by atoms with E-state index in [4.69, 9.17) is 5.11 Å². The van der Waals surface area contributed by atoms with Crippen molar-refractivity contribution in [3.63, 3.8) is 0 Å². The average molecular weight is 157 g/mol. The van der Waals surface area contributed by atoms with Gasteiger partial charge in [-0.1, -0.05) is 13.3 Å². The fourth-order valence-corrected chi connectivity index (χ4v) is 1.43. The average Bonchev–Trinajstić information content (AvgIpc) is 2.65. The van der Waals surface area contributed by atoms with Crippen LogP contribution in [0.15, 0.2) is 0 Å². The Balaban J connectivity index is 2.62. The first-order chi connectivity index (χ1) is 5.17. The Morgan fingerprint density at radius 3 is 2.82 bits per heavy atom.